The Bertz CT molecular complexity index is 350. The number of aromatic hydroxyl groups is 1. The molecule has 0 bridgehead atoms. The second-order valence-corrected chi connectivity index (χ2v) is 9.47. The molecule has 4 heteroatoms. The maximum absolute atomic E-state index is 10.2. The van der Waals surface area contributed by atoms with E-state index in [0.29, 0.717) is 11.8 Å². The molecule has 0 unspecified atom stereocenters. The van der Waals surface area contributed by atoms with Crippen LogP contribution in [0.5, 0.6) is 5.75 Å². The summed E-state index contributed by atoms with van der Waals surface area (Å²) in [6, 6.07) is 4.69. The van der Waals surface area contributed by atoms with Crippen LogP contribution in [-0.2, 0) is 0 Å². The first-order valence-corrected chi connectivity index (χ1v) is 11.6. The summed E-state index contributed by atoms with van der Waals surface area (Å²) in [6.45, 7) is 4.58. The fraction of sp³-hybridized carbons (Fsp3) is 0.533. The Kier molecular flexibility index (Phi) is 13.0. The van der Waals surface area contributed by atoms with Gasteiger partial charge in [-0.1, -0.05) is 15.9 Å². The number of phenols is 1. The van der Waals surface area contributed by atoms with E-state index in [1.54, 1.807) is 21.0 Å². The first kappa shape index (κ1) is 19.0. The van der Waals surface area contributed by atoms with Gasteiger partial charge in [0.15, 0.2) is 6.29 Å². The van der Waals surface area contributed by atoms with Crippen molar-refractivity contribution in [2.24, 2.45) is 0 Å². The van der Waals surface area contributed by atoms with Gasteiger partial charge in [-0.15, -0.1) is 0 Å². The van der Waals surface area contributed by atoms with Crippen LogP contribution in [0, 0.1) is 0 Å². The molecule has 1 N–H and O–H groups in total. The molecule has 1 aromatic rings. The van der Waals surface area contributed by atoms with Gasteiger partial charge in [0.05, 0.1) is 5.56 Å². The maximum atomic E-state index is 10.2. The van der Waals surface area contributed by atoms with Crippen molar-refractivity contribution in [1.29, 1.82) is 0 Å². The van der Waals surface area contributed by atoms with E-state index in [4.69, 9.17) is 5.11 Å². The average Bonchev–Trinajstić information content (AvgIpc) is 2.42. The van der Waals surface area contributed by atoms with Crippen molar-refractivity contribution in [1.82, 2.24) is 0 Å². The van der Waals surface area contributed by atoms with Crippen LogP contribution < -0.4 is 0 Å². The number of halogens is 1. The predicted octanol–water partition coefficient (Wildman–Crippen LogP) is 5.09. The number of phenolic OH excluding ortho intramolecular Hbond substituents is 1. The van der Waals surface area contributed by atoms with Gasteiger partial charge < -0.3 is 5.11 Å². The molecule has 0 spiro atoms. The van der Waals surface area contributed by atoms with Crippen molar-refractivity contribution >= 4 is 43.4 Å². The van der Waals surface area contributed by atoms with Crippen LogP contribution in [-0.4, -0.2) is 32.5 Å². The summed E-state index contributed by atoms with van der Waals surface area (Å²) in [4.78, 5) is 10.2. The molecule has 0 fully saturated rings. The number of carbonyl (C=O) groups excluding carboxylic acids is 1. The first-order chi connectivity index (χ1) is 9.15. The molecule has 106 valence electrons. The molecular weight excluding hydrogens is 411 g/mol. The van der Waals surface area contributed by atoms with Gasteiger partial charge in [-0.3, -0.25) is 4.79 Å². The van der Waals surface area contributed by atoms with Gasteiger partial charge in [-0.2, -0.15) is 0 Å². The van der Waals surface area contributed by atoms with Crippen molar-refractivity contribution < 1.29 is 9.90 Å². The van der Waals surface area contributed by atoms with Crippen molar-refractivity contribution in [2.45, 2.75) is 48.4 Å². The summed E-state index contributed by atoms with van der Waals surface area (Å²) in [5.74, 6) is 0.0122. The van der Waals surface area contributed by atoms with Gasteiger partial charge >= 0.3 is 69.5 Å². The molecule has 0 saturated heterocycles. The third kappa shape index (κ3) is 10.4. The molecule has 2 radical (unpaired) electrons. The summed E-state index contributed by atoms with van der Waals surface area (Å²) in [6.07, 6.45) is 6.45. The maximum Gasteiger partial charge on any atom is 0.153 e. The molecule has 1 aromatic carbocycles. The zero-order valence-electron chi connectivity index (χ0n) is 11.8. The molecule has 2 nitrogen and oxygen atoms in total. The number of hydrogen-bond acceptors (Lipinski definition) is 2. The minimum absolute atomic E-state index is 0.0122. The first-order valence-electron chi connectivity index (χ1n) is 6.80. The van der Waals surface area contributed by atoms with E-state index >= 15 is 0 Å². The summed E-state index contributed by atoms with van der Waals surface area (Å²) < 4.78 is 4.03. The number of carbonyl (C=O) groups is 1. The molecule has 0 heterocycles. The molecule has 0 saturated carbocycles. The number of hydrogen-bond donors (Lipinski definition) is 1. The molecule has 0 aliphatic carbocycles. The largest absolute Gasteiger partial charge is 0.507 e. The van der Waals surface area contributed by atoms with Crippen molar-refractivity contribution in [3.63, 3.8) is 0 Å². The second kappa shape index (κ2) is 13.0. The van der Waals surface area contributed by atoms with E-state index in [0.717, 1.165) is 4.47 Å². The minimum Gasteiger partial charge on any atom is -0.507 e. The van der Waals surface area contributed by atoms with E-state index < -0.39 is 0 Å². The molecule has 0 amide bonds. The Hall–Kier alpha value is -0.0313. The fourth-order valence-electron chi connectivity index (χ4n) is 1.35. The average molecular weight is 434 g/mol. The fourth-order valence-corrected chi connectivity index (χ4v) is 5.89. The Morgan fingerprint density at radius 2 is 1.79 bits per heavy atom. The summed E-state index contributed by atoms with van der Waals surface area (Å²) in [5.41, 5.74) is 0.300. The Balaban J connectivity index is 0.000000344. The number of rotatable bonds is 7. The Morgan fingerprint density at radius 1 is 1.21 bits per heavy atom. The minimum atomic E-state index is 0.0122. The number of unbranched alkanes of at least 4 members (excludes halogenated alkanes) is 2. The predicted molar refractivity (Wildman–Crippen MR) is 86.4 cm³/mol. The van der Waals surface area contributed by atoms with Gasteiger partial charge in [0.2, 0.25) is 0 Å². The second-order valence-electron chi connectivity index (χ2n) is 4.28. The number of benzene rings is 1. The standard InChI is InChI=1S/C7H5BrO2.2C4H9.Sn/c8-6-1-2-7(10)5(3-6)4-9;2*1-3-4-2;/h1-4,10H;2*1,3-4H2,2H3;. The SMILES string of the molecule is CCC[CH2][Sn][CH2]CCC.O=Cc1cc(Br)ccc1O. The van der Waals surface area contributed by atoms with Crippen molar-refractivity contribution in [2.75, 3.05) is 0 Å². The van der Waals surface area contributed by atoms with Gasteiger partial charge in [0, 0.05) is 4.47 Å². The smallest absolute Gasteiger partial charge is 0.153 e. The summed E-state index contributed by atoms with van der Waals surface area (Å²) >= 11 is 3.32. The summed E-state index contributed by atoms with van der Waals surface area (Å²) in [7, 11) is 0. The van der Waals surface area contributed by atoms with Gasteiger partial charge in [-0.05, 0) is 18.2 Å². The third-order valence-corrected chi connectivity index (χ3v) is 7.06. The molecular formula is C15H23BrO2Sn. The van der Waals surface area contributed by atoms with Gasteiger partial charge in [0.1, 0.15) is 5.75 Å². The van der Waals surface area contributed by atoms with Crippen molar-refractivity contribution in [3.05, 3.63) is 28.2 Å². The third-order valence-electron chi connectivity index (χ3n) is 2.53. The van der Waals surface area contributed by atoms with Gasteiger partial charge in [0.25, 0.3) is 0 Å². The van der Waals surface area contributed by atoms with Crippen LogP contribution in [0.1, 0.15) is 49.9 Å². The summed E-state index contributed by atoms with van der Waals surface area (Å²) in [5, 5.41) is 8.98. The molecule has 0 aliphatic rings. The monoisotopic (exact) mass is 434 g/mol. The Labute approximate surface area is 135 Å². The van der Waals surface area contributed by atoms with E-state index in [2.05, 4.69) is 29.8 Å². The molecule has 0 aromatic heterocycles. The zero-order chi connectivity index (χ0) is 14.5. The molecule has 19 heavy (non-hydrogen) atoms. The van der Waals surface area contributed by atoms with Gasteiger partial charge in [-0.25, -0.2) is 0 Å². The zero-order valence-corrected chi connectivity index (χ0v) is 16.2. The van der Waals surface area contributed by atoms with Crippen LogP contribution >= 0.6 is 15.9 Å². The molecule has 0 atom stereocenters. The molecule has 0 aliphatic heterocycles. The van der Waals surface area contributed by atoms with E-state index in [1.807, 2.05) is 0 Å². The van der Waals surface area contributed by atoms with Crippen LogP contribution in [0.15, 0.2) is 22.7 Å². The van der Waals surface area contributed by atoms with Crippen LogP contribution in [0.25, 0.3) is 0 Å². The van der Waals surface area contributed by atoms with Crippen LogP contribution in [0.4, 0.5) is 0 Å². The number of aldehydes is 1. The molecule has 1 rings (SSSR count). The van der Waals surface area contributed by atoms with E-state index in [9.17, 15) is 4.79 Å². The van der Waals surface area contributed by atoms with E-state index in [-0.39, 0.29) is 26.9 Å². The van der Waals surface area contributed by atoms with Crippen molar-refractivity contribution in [3.8, 4) is 5.75 Å². The van der Waals surface area contributed by atoms with Crippen LogP contribution in [0.2, 0.25) is 8.87 Å². The topological polar surface area (TPSA) is 37.3 Å². The van der Waals surface area contributed by atoms with E-state index in [1.165, 1.54) is 31.7 Å². The van der Waals surface area contributed by atoms with Crippen LogP contribution in [0.3, 0.4) is 0 Å². The quantitative estimate of drug-likeness (QED) is 0.369. The Morgan fingerprint density at radius 3 is 2.21 bits per heavy atom. The normalized spacial score (nSPS) is 9.63.